The van der Waals surface area contributed by atoms with Crippen molar-refractivity contribution in [2.45, 2.75) is 52.0 Å². The Bertz CT molecular complexity index is 611. The van der Waals surface area contributed by atoms with Gasteiger partial charge in [-0.05, 0) is 45.2 Å². The normalized spacial score (nSPS) is 13.6. The van der Waals surface area contributed by atoms with Crippen LogP contribution in [0, 0.1) is 6.92 Å². The van der Waals surface area contributed by atoms with E-state index in [2.05, 4.69) is 22.2 Å². The molecule has 0 saturated carbocycles. The summed E-state index contributed by atoms with van der Waals surface area (Å²) in [5, 5.41) is 6.15. The van der Waals surface area contributed by atoms with E-state index in [0.717, 1.165) is 35.7 Å². The van der Waals surface area contributed by atoms with Crippen LogP contribution in [0.5, 0.6) is 0 Å². The highest BCUT2D eigenvalue weighted by atomic mass is 32.1. The number of hydrogen-bond acceptors (Lipinski definition) is 4. The van der Waals surface area contributed by atoms with Crippen molar-refractivity contribution in [3.8, 4) is 0 Å². The van der Waals surface area contributed by atoms with E-state index in [-0.39, 0.29) is 11.4 Å². The minimum atomic E-state index is -0.374. The molecule has 0 aliphatic carbocycles. The average molecular weight is 317 g/mol. The Morgan fingerprint density at radius 1 is 1.41 bits per heavy atom. The Hall–Kier alpha value is -1.75. The minimum absolute atomic E-state index is 0.0770. The molecular weight excluding hydrogens is 294 g/mol. The van der Waals surface area contributed by atoms with Gasteiger partial charge in [0.1, 0.15) is 5.01 Å². The summed E-state index contributed by atoms with van der Waals surface area (Å²) in [7, 11) is 0. The van der Waals surface area contributed by atoms with Crippen LogP contribution in [0.3, 0.4) is 0 Å². The molecule has 0 fully saturated rings. The standard InChI is InChI=1S/C17H23N3OS/c1-4-17(3,16-19-13(2)12-22-16)20-15(21)10-7-9-14-8-5-6-11-18-14/h5-6,8,11-12H,4,7,9-10H2,1-3H3,(H,20,21). The fraction of sp³-hybridized carbons (Fsp3) is 0.471. The van der Waals surface area contributed by atoms with Gasteiger partial charge in [-0.2, -0.15) is 0 Å². The van der Waals surface area contributed by atoms with Crippen LogP contribution in [0.4, 0.5) is 0 Å². The van der Waals surface area contributed by atoms with Gasteiger partial charge in [0.15, 0.2) is 0 Å². The van der Waals surface area contributed by atoms with Crippen LogP contribution in [0.1, 0.15) is 49.5 Å². The van der Waals surface area contributed by atoms with Crippen LogP contribution in [0.25, 0.3) is 0 Å². The number of thiazole rings is 1. The van der Waals surface area contributed by atoms with Crippen molar-refractivity contribution in [1.29, 1.82) is 0 Å². The number of hydrogen-bond donors (Lipinski definition) is 1. The van der Waals surface area contributed by atoms with E-state index in [1.165, 1.54) is 0 Å². The molecule has 2 aromatic heterocycles. The Labute approximate surface area is 136 Å². The summed E-state index contributed by atoms with van der Waals surface area (Å²) >= 11 is 1.61. The molecule has 4 nitrogen and oxygen atoms in total. The second-order valence-electron chi connectivity index (χ2n) is 5.70. The smallest absolute Gasteiger partial charge is 0.220 e. The van der Waals surface area contributed by atoms with E-state index in [4.69, 9.17) is 0 Å². The molecule has 2 aromatic rings. The third-order valence-electron chi connectivity index (χ3n) is 3.78. The monoisotopic (exact) mass is 317 g/mol. The molecule has 2 heterocycles. The zero-order valence-electron chi connectivity index (χ0n) is 13.4. The molecule has 0 bridgehead atoms. The van der Waals surface area contributed by atoms with Gasteiger partial charge in [-0.1, -0.05) is 13.0 Å². The van der Waals surface area contributed by atoms with Crippen molar-refractivity contribution in [2.75, 3.05) is 0 Å². The summed E-state index contributed by atoms with van der Waals surface area (Å²) < 4.78 is 0. The first-order chi connectivity index (χ1) is 10.5. The molecule has 1 amide bonds. The first-order valence-corrected chi connectivity index (χ1v) is 8.55. The molecule has 118 valence electrons. The Morgan fingerprint density at radius 2 is 2.23 bits per heavy atom. The second-order valence-corrected chi connectivity index (χ2v) is 6.56. The molecule has 2 rings (SSSR count). The van der Waals surface area contributed by atoms with E-state index in [1.54, 1.807) is 17.5 Å². The van der Waals surface area contributed by atoms with Gasteiger partial charge < -0.3 is 5.32 Å². The van der Waals surface area contributed by atoms with Crippen LogP contribution >= 0.6 is 11.3 Å². The largest absolute Gasteiger partial charge is 0.344 e. The van der Waals surface area contributed by atoms with Gasteiger partial charge in [0, 0.05) is 29.4 Å². The lowest BCUT2D eigenvalue weighted by Crippen LogP contribution is -2.43. The molecule has 0 saturated heterocycles. The molecule has 0 aromatic carbocycles. The van der Waals surface area contributed by atoms with Crippen LogP contribution in [0.15, 0.2) is 29.8 Å². The van der Waals surface area contributed by atoms with Gasteiger partial charge in [0.2, 0.25) is 5.91 Å². The van der Waals surface area contributed by atoms with Crippen LogP contribution in [-0.2, 0) is 16.8 Å². The molecule has 0 spiro atoms. The predicted octanol–water partition coefficient (Wildman–Crippen LogP) is 3.61. The third-order valence-corrected chi connectivity index (χ3v) is 5.00. The number of rotatable bonds is 7. The van der Waals surface area contributed by atoms with Crippen molar-refractivity contribution in [1.82, 2.24) is 15.3 Å². The molecule has 1 N–H and O–H groups in total. The summed E-state index contributed by atoms with van der Waals surface area (Å²) in [4.78, 5) is 21.0. The molecule has 1 atom stereocenters. The third kappa shape index (κ3) is 4.37. The maximum Gasteiger partial charge on any atom is 0.220 e. The fourth-order valence-corrected chi connectivity index (χ4v) is 3.23. The topological polar surface area (TPSA) is 54.9 Å². The number of aryl methyl sites for hydroxylation is 2. The van der Waals surface area contributed by atoms with Crippen molar-refractivity contribution >= 4 is 17.2 Å². The Morgan fingerprint density at radius 3 is 2.82 bits per heavy atom. The molecule has 0 radical (unpaired) electrons. The van der Waals surface area contributed by atoms with E-state index in [9.17, 15) is 4.79 Å². The van der Waals surface area contributed by atoms with Crippen LogP contribution < -0.4 is 5.32 Å². The number of aromatic nitrogens is 2. The Balaban J connectivity index is 1.87. The van der Waals surface area contributed by atoms with E-state index < -0.39 is 0 Å². The number of carbonyl (C=O) groups excluding carboxylic acids is 1. The van der Waals surface area contributed by atoms with Crippen molar-refractivity contribution in [3.05, 3.63) is 46.2 Å². The maximum atomic E-state index is 12.2. The fourth-order valence-electron chi connectivity index (χ4n) is 2.25. The van der Waals surface area contributed by atoms with Crippen LogP contribution in [-0.4, -0.2) is 15.9 Å². The van der Waals surface area contributed by atoms with Gasteiger partial charge in [0.25, 0.3) is 0 Å². The van der Waals surface area contributed by atoms with E-state index in [1.807, 2.05) is 37.4 Å². The highest BCUT2D eigenvalue weighted by molar-refractivity contribution is 7.09. The zero-order valence-corrected chi connectivity index (χ0v) is 14.2. The first kappa shape index (κ1) is 16.6. The van der Waals surface area contributed by atoms with Gasteiger partial charge in [-0.3, -0.25) is 9.78 Å². The Kier molecular flexibility index (Phi) is 5.66. The number of pyridine rings is 1. The van der Waals surface area contributed by atoms with E-state index >= 15 is 0 Å². The minimum Gasteiger partial charge on any atom is -0.344 e. The molecule has 0 aliphatic heterocycles. The predicted molar refractivity (Wildman–Crippen MR) is 89.8 cm³/mol. The van der Waals surface area contributed by atoms with Gasteiger partial charge >= 0.3 is 0 Å². The highest BCUT2D eigenvalue weighted by Crippen LogP contribution is 2.27. The summed E-state index contributed by atoms with van der Waals surface area (Å²) in [5.41, 5.74) is 1.66. The summed E-state index contributed by atoms with van der Waals surface area (Å²) in [6.45, 7) is 6.09. The van der Waals surface area contributed by atoms with Crippen LogP contribution in [0.2, 0.25) is 0 Å². The number of nitrogens with one attached hydrogen (secondary N) is 1. The number of carbonyl (C=O) groups is 1. The van der Waals surface area contributed by atoms with E-state index in [0.29, 0.717) is 6.42 Å². The van der Waals surface area contributed by atoms with Crippen molar-refractivity contribution in [2.24, 2.45) is 0 Å². The summed E-state index contributed by atoms with van der Waals surface area (Å²) in [6, 6.07) is 5.87. The summed E-state index contributed by atoms with van der Waals surface area (Å²) in [6.07, 6.45) is 4.75. The lowest BCUT2D eigenvalue weighted by molar-refractivity contribution is -0.123. The average Bonchev–Trinajstić information content (AvgIpc) is 2.95. The lowest BCUT2D eigenvalue weighted by atomic mass is 9.99. The zero-order chi connectivity index (χ0) is 16.0. The van der Waals surface area contributed by atoms with Gasteiger partial charge in [-0.15, -0.1) is 11.3 Å². The number of amides is 1. The molecule has 0 aliphatic rings. The number of nitrogens with zero attached hydrogens (tertiary/aromatic N) is 2. The van der Waals surface area contributed by atoms with Gasteiger partial charge in [0.05, 0.1) is 5.54 Å². The molecule has 22 heavy (non-hydrogen) atoms. The van der Waals surface area contributed by atoms with Crippen molar-refractivity contribution in [3.63, 3.8) is 0 Å². The highest BCUT2D eigenvalue weighted by Gasteiger charge is 2.29. The molecule has 5 heteroatoms. The van der Waals surface area contributed by atoms with Crippen molar-refractivity contribution < 1.29 is 4.79 Å². The van der Waals surface area contributed by atoms with Gasteiger partial charge in [-0.25, -0.2) is 4.98 Å². The molecular formula is C17H23N3OS. The lowest BCUT2D eigenvalue weighted by Gasteiger charge is -2.27. The molecule has 1 unspecified atom stereocenters. The second kappa shape index (κ2) is 7.49. The SMILES string of the molecule is CCC(C)(NC(=O)CCCc1ccccn1)c1nc(C)cs1. The maximum absolute atomic E-state index is 12.2. The first-order valence-electron chi connectivity index (χ1n) is 7.67. The quantitative estimate of drug-likeness (QED) is 0.848. The summed E-state index contributed by atoms with van der Waals surface area (Å²) in [5.74, 6) is 0.0770.